The van der Waals surface area contributed by atoms with Gasteiger partial charge in [0.1, 0.15) is 5.37 Å². The van der Waals surface area contributed by atoms with Crippen LogP contribution in [0.15, 0.2) is 36.0 Å². The second kappa shape index (κ2) is 1.95. The van der Waals surface area contributed by atoms with Crippen LogP contribution in [0.1, 0.15) is 0 Å². The van der Waals surface area contributed by atoms with Gasteiger partial charge in [-0.1, -0.05) is 12.2 Å². The minimum absolute atomic E-state index is 0.537. The number of hydrogen-bond donors (Lipinski definition) is 0. The van der Waals surface area contributed by atoms with Crippen LogP contribution in [0.5, 0.6) is 0 Å². The third kappa shape index (κ3) is 0.793. The van der Waals surface area contributed by atoms with Gasteiger partial charge < -0.3 is 4.90 Å². The quantitative estimate of drug-likeness (QED) is 0.501. The molecule has 0 radical (unpaired) electrons. The van der Waals surface area contributed by atoms with Crippen molar-refractivity contribution < 1.29 is 0 Å². The van der Waals surface area contributed by atoms with Gasteiger partial charge in [0.05, 0.1) is 0 Å². The van der Waals surface area contributed by atoms with Crippen molar-refractivity contribution in [2.24, 2.45) is 0 Å². The molecular formula is C7H7NS. The Labute approximate surface area is 58.7 Å². The first-order valence-corrected chi connectivity index (χ1v) is 3.86. The van der Waals surface area contributed by atoms with Crippen molar-refractivity contribution in [3.8, 4) is 0 Å². The highest BCUT2D eigenvalue weighted by atomic mass is 32.2. The summed E-state index contributed by atoms with van der Waals surface area (Å²) < 4.78 is 0. The van der Waals surface area contributed by atoms with E-state index in [-0.39, 0.29) is 0 Å². The first-order chi connectivity index (χ1) is 4.47. The van der Waals surface area contributed by atoms with Gasteiger partial charge in [0.25, 0.3) is 0 Å². The third-order valence-electron chi connectivity index (χ3n) is 1.39. The van der Waals surface area contributed by atoms with E-state index in [1.165, 1.54) is 0 Å². The van der Waals surface area contributed by atoms with E-state index in [4.69, 9.17) is 0 Å². The number of thioether (sulfide) groups is 1. The van der Waals surface area contributed by atoms with Gasteiger partial charge in [-0.25, -0.2) is 0 Å². The summed E-state index contributed by atoms with van der Waals surface area (Å²) in [5.41, 5.74) is 0. The second-order valence-corrected chi connectivity index (χ2v) is 3.01. The van der Waals surface area contributed by atoms with Gasteiger partial charge in [-0.3, -0.25) is 0 Å². The fourth-order valence-electron chi connectivity index (χ4n) is 0.929. The maximum absolute atomic E-state index is 2.19. The van der Waals surface area contributed by atoms with Crippen molar-refractivity contribution in [3.63, 3.8) is 0 Å². The first kappa shape index (κ1) is 5.18. The maximum Gasteiger partial charge on any atom is 0.102 e. The molecule has 2 rings (SSSR count). The highest BCUT2D eigenvalue weighted by Gasteiger charge is 2.15. The highest BCUT2D eigenvalue weighted by molar-refractivity contribution is 8.03. The summed E-state index contributed by atoms with van der Waals surface area (Å²) in [5.74, 6) is 0. The van der Waals surface area contributed by atoms with Crippen LogP contribution < -0.4 is 0 Å². The van der Waals surface area contributed by atoms with Crippen molar-refractivity contribution in [2.45, 2.75) is 5.37 Å². The fourth-order valence-corrected chi connectivity index (χ4v) is 1.76. The number of hydrogen-bond acceptors (Lipinski definition) is 2. The van der Waals surface area contributed by atoms with E-state index < -0.39 is 0 Å². The largest absolute Gasteiger partial charge is 0.338 e. The number of allylic oxidation sites excluding steroid dienone is 2. The van der Waals surface area contributed by atoms with Crippen molar-refractivity contribution in [3.05, 3.63) is 36.0 Å². The maximum atomic E-state index is 2.19. The monoisotopic (exact) mass is 137 g/mol. The van der Waals surface area contributed by atoms with Gasteiger partial charge in [-0.15, -0.1) is 11.8 Å². The van der Waals surface area contributed by atoms with Crippen molar-refractivity contribution in [2.75, 3.05) is 0 Å². The van der Waals surface area contributed by atoms with E-state index in [2.05, 4.69) is 34.9 Å². The average molecular weight is 137 g/mol. The molecule has 1 nitrogen and oxygen atoms in total. The van der Waals surface area contributed by atoms with Crippen molar-refractivity contribution in [1.82, 2.24) is 4.90 Å². The van der Waals surface area contributed by atoms with Crippen LogP contribution in [0, 0.1) is 0 Å². The lowest BCUT2D eigenvalue weighted by molar-refractivity contribution is 0.537. The number of rotatable bonds is 0. The molecule has 0 aromatic heterocycles. The highest BCUT2D eigenvalue weighted by Crippen LogP contribution is 2.27. The van der Waals surface area contributed by atoms with Crippen LogP contribution >= 0.6 is 11.8 Å². The SMILES string of the molecule is C1=CC2SC=CN2C=C1. The second-order valence-electron chi connectivity index (χ2n) is 1.99. The molecule has 0 fully saturated rings. The van der Waals surface area contributed by atoms with E-state index in [1.807, 2.05) is 17.8 Å². The lowest BCUT2D eigenvalue weighted by Gasteiger charge is -2.19. The molecule has 2 heteroatoms. The van der Waals surface area contributed by atoms with E-state index >= 15 is 0 Å². The zero-order valence-electron chi connectivity index (χ0n) is 4.90. The van der Waals surface area contributed by atoms with Crippen LogP contribution in [0.25, 0.3) is 0 Å². The normalized spacial score (nSPS) is 29.3. The zero-order chi connectivity index (χ0) is 6.10. The molecule has 9 heavy (non-hydrogen) atoms. The zero-order valence-corrected chi connectivity index (χ0v) is 5.71. The summed E-state index contributed by atoms with van der Waals surface area (Å²) in [7, 11) is 0. The summed E-state index contributed by atoms with van der Waals surface area (Å²) in [5, 5.41) is 2.65. The molecule has 1 unspecified atom stereocenters. The topological polar surface area (TPSA) is 3.24 Å². The average Bonchev–Trinajstić information content (AvgIpc) is 2.33. The summed E-state index contributed by atoms with van der Waals surface area (Å²) in [6.45, 7) is 0. The molecule has 0 bridgehead atoms. The van der Waals surface area contributed by atoms with Gasteiger partial charge in [0.2, 0.25) is 0 Å². The van der Waals surface area contributed by atoms with E-state index in [1.54, 1.807) is 0 Å². The molecule has 1 atom stereocenters. The Hall–Kier alpha value is -0.630. The minimum atomic E-state index is 0.537. The van der Waals surface area contributed by atoms with Crippen LogP contribution in [0.4, 0.5) is 0 Å². The number of nitrogens with zero attached hydrogens (tertiary/aromatic N) is 1. The predicted molar refractivity (Wildman–Crippen MR) is 40.6 cm³/mol. The number of fused-ring (bicyclic) bond motifs is 1. The van der Waals surface area contributed by atoms with Gasteiger partial charge >= 0.3 is 0 Å². The van der Waals surface area contributed by atoms with E-state index in [0.29, 0.717) is 5.37 Å². The Kier molecular flexibility index (Phi) is 1.12. The summed E-state index contributed by atoms with van der Waals surface area (Å²) in [6.07, 6.45) is 10.5. The Morgan fingerprint density at radius 2 is 2.22 bits per heavy atom. The fraction of sp³-hybridized carbons (Fsp3) is 0.143. The summed E-state index contributed by atoms with van der Waals surface area (Å²) >= 11 is 1.83. The molecule has 0 amide bonds. The summed E-state index contributed by atoms with van der Waals surface area (Å²) in [6, 6.07) is 0. The predicted octanol–water partition coefficient (Wildman–Crippen LogP) is 1.92. The van der Waals surface area contributed by atoms with Crippen LogP contribution in [-0.4, -0.2) is 10.3 Å². The molecule has 0 N–H and O–H groups in total. The van der Waals surface area contributed by atoms with Crippen LogP contribution in [-0.2, 0) is 0 Å². The minimum Gasteiger partial charge on any atom is -0.338 e. The molecule has 0 saturated carbocycles. The Bertz CT molecular complexity index is 193. The Morgan fingerprint density at radius 1 is 1.22 bits per heavy atom. The standard InChI is InChI=1S/C7H7NS/c1-2-4-8-5-6-9-7(8)3-1/h1-7H. The lowest BCUT2D eigenvalue weighted by Crippen LogP contribution is -2.17. The van der Waals surface area contributed by atoms with Gasteiger partial charge in [0, 0.05) is 12.4 Å². The molecule has 2 aliphatic heterocycles. The molecule has 2 heterocycles. The third-order valence-corrected chi connectivity index (χ3v) is 2.35. The molecule has 0 aromatic rings. The van der Waals surface area contributed by atoms with Gasteiger partial charge in [0.15, 0.2) is 0 Å². The molecule has 0 spiro atoms. The smallest absolute Gasteiger partial charge is 0.102 e. The van der Waals surface area contributed by atoms with Gasteiger partial charge in [-0.2, -0.15) is 0 Å². The first-order valence-electron chi connectivity index (χ1n) is 2.91. The van der Waals surface area contributed by atoms with Crippen molar-refractivity contribution >= 4 is 11.8 Å². The van der Waals surface area contributed by atoms with Crippen molar-refractivity contribution in [1.29, 1.82) is 0 Å². The van der Waals surface area contributed by atoms with Gasteiger partial charge in [-0.05, 0) is 11.5 Å². The lowest BCUT2D eigenvalue weighted by atomic mass is 10.4. The molecule has 46 valence electrons. The molecule has 0 aliphatic carbocycles. The Morgan fingerprint density at radius 3 is 3.11 bits per heavy atom. The Balaban J connectivity index is 2.25. The van der Waals surface area contributed by atoms with E-state index in [9.17, 15) is 0 Å². The van der Waals surface area contributed by atoms with E-state index in [0.717, 1.165) is 0 Å². The van der Waals surface area contributed by atoms with Crippen LogP contribution in [0.3, 0.4) is 0 Å². The summed E-state index contributed by atoms with van der Waals surface area (Å²) in [4.78, 5) is 2.19. The molecular weight excluding hydrogens is 130 g/mol. The van der Waals surface area contributed by atoms with Crippen LogP contribution in [0.2, 0.25) is 0 Å². The molecule has 0 saturated heterocycles. The molecule has 0 aromatic carbocycles. The molecule has 2 aliphatic rings.